The van der Waals surface area contributed by atoms with Gasteiger partial charge in [0.1, 0.15) is 6.61 Å². The number of pyridine rings is 1. The Morgan fingerprint density at radius 2 is 2.15 bits per heavy atom. The molecule has 0 atom stereocenters. The fourth-order valence-electron chi connectivity index (χ4n) is 2.25. The molecular weight excluding hydrogens is 477 g/mol. The number of hydrogen-bond donors (Lipinski definition) is 1. The van der Waals surface area contributed by atoms with E-state index in [0.717, 1.165) is 35.3 Å². The van der Waals surface area contributed by atoms with Crippen LogP contribution < -0.4 is 10.1 Å². The maximum atomic E-state index is 5.47. The van der Waals surface area contributed by atoms with E-state index in [1.54, 1.807) is 24.6 Å². The lowest BCUT2D eigenvalue weighted by atomic mass is 10.3. The van der Waals surface area contributed by atoms with Gasteiger partial charge in [-0.05, 0) is 19.4 Å². The summed E-state index contributed by atoms with van der Waals surface area (Å²) < 4.78 is 10.4. The summed E-state index contributed by atoms with van der Waals surface area (Å²) in [4.78, 5) is 15.6. The molecule has 27 heavy (non-hydrogen) atoms. The van der Waals surface area contributed by atoms with Crippen LogP contribution in [0.15, 0.2) is 28.7 Å². The van der Waals surface area contributed by atoms with Crippen LogP contribution in [0.5, 0.6) is 5.88 Å². The van der Waals surface area contributed by atoms with Crippen LogP contribution in [-0.4, -0.2) is 54.7 Å². The predicted octanol–water partition coefficient (Wildman–Crippen LogP) is 3.09. The number of rotatable bonds is 9. The van der Waals surface area contributed by atoms with Gasteiger partial charge in [0.15, 0.2) is 5.96 Å². The topological polar surface area (TPSA) is 71.9 Å². The zero-order chi connectivity index (χ0) is 18.8. The lowest BCUT2D eigenvalue weighted by Crippen LogP contribution is -2.38. The second-order valence-corrected chi connectivity index (χ2v) is 6.79. The molecule has 2 heterocycles. The number of aryl methyl sites for hydroxylation is 1. The van der Waals surface area contributed by atoms with Gasteiger partial charge in [-0.2, -0.15) is 0 Å². The van der Waals surface area contributed by atoms with Gasteiger partial charge in [-0.3, -0.25) is 0 Å². The monoisotopic (exact) mass is 505 g/mol. The van der Waals surface area contributed by atoms with E-state index in [1.807, 2.05) is 26.1 Å². The highest BCUT2D eigenvalue weighted by Crippen LogP contribution is 2.11. The van der Waals surface area contributed by atoms with Gasteiger partial charge in [0, 0.05) is 38.3 Å². The van der Waals surface area contributed by atoms with E-state index in [-0.39, 0.29) is 24.0 Å². The maximum absolute atomic E-state index is 5.47. The summed E-state index contributed by atoms with van der Waals surface area (Å²) in [6.45, 7) is 7.20. The van der Waals surface area contributed by atoms with Crippen molar-refractivity contribution < 1.29 is 9.47 Å². The van der Waals surface area contributed by atoms with Crippen molar-refractivity contribution in [3.8, 4) is 5.88 Å². The van der Waals surface area contributed by atoms with Gasteiger partial charge in [0.05, 0.1) is 30.4 Å². The summed E-state index contributed by atoms with van der Waals surface area (Å²) in [6, 6.07) is 3.83. The number of halogens is 1. The minimum absolute atomic E-state index is 0. The fourth-order valence-corrected chi connectivity index (χ4v) is 2.86. The van der Waals surface area contributed by atoms with E-state index < -0.39 is 0 Å². The molecule has 150 valence electrons. The Kier molecular flexibility index (Phi) is 11.2. The van der Waals surface area contributed by atoms with Crippen molar-refractivity contribution in [2.45, 2.75) is 26.9 Å². The summed E-state index contributed by atoms with van der Waals surface area (Å²) in [5, 5.41) is 6.48. The molecule has 0 bridgehead atoms. The molecule has 0 saturated heterocycles. The van der Waals surface area contributed by atoms with Crippen LogP contribution in [0.3, 0.4) is 0 Å². The molecule has 2 aromatic rings. The van der Waals surface area contributed by atoms with Crippen LogP contribution in [0.2, 0.25) is 0 Å². The second kappa shape index (κ2) is 12.8. The van der Waals surface area contributed by atoms with Crippen LogP contribution in [0.4, 0.5) is 0 Å². The first-order valence-corrected chi connectivity index (χ1v) is 9.47. The summed E-state index contributed by atoms with van der Waals surface area (Å²) in [7, 11) is 3.66. The van der Waals surface area contributed by atoms with Crippen LogP contribution >= 0.6 is 35.3 Å². The van der Waals surface area contributed by atoms with Crippen molar-refractivity contribution in [3.63, 3.8) is 0 Å². The first-order chi connectivity index (χ1) is 12.6. The fraction of sp³-hybridized carbons (Fsp3) is 0.500. The highest BCUT2D eigenvalue weighted by Gasteiger charge is 2.08. The number of ether oxygens (including phenoxy) is 2. The zero-order valence-corrected chi connectivity index (χ0v) is 19.4. The molecular formula is C18H28IN5O2S. The van der Waals surface area contributed by atoms with Crippen molar-refractivity contribution in [2.24, 2.45) is 4.99 Å². The minimum Gasteiger partial charge on any atom is -0.475 e. The number of aliphatic imine (C=N–C) groups is 1. The summed E-state index contributed by atoms with van der Waals surface area (Å²) in [5.74, 6) is 1.44. The Bertz CT molecular complexity index is 693. The molecule has 0 spiro atoms. The molecule has 0 saturated carbocycles. The van der Waals surface area contributed by atoms with Gasteiger partial charge in [0.2, 0.25) is 5.88 Å². The molecule has 2 rings (SSSR count). The molecule has 0 fully saturated rings. The number of thiazole rings is 1. The molecule has 0 aliphatic rings. The smallest absolute Gasteiger partial charge is 0.213 e. The van der Waals surface area contributed by atoms with E-state index in [2.05, 4.69) is 32.5 Å². The maximum Gasteiger partial charge on any atom is 0.213 e. The molecule has 0 unspecified atom stereocenters. The van der Waals surface area contributed by atoms with Gasteiger partial charge >= 0.3 is 0 Å². The average molecular weight is 505 g/mol. The number of nitrogens with one attached hydrogen (secondary N) is 1. The van der Waals surface area contributed by atoms with E-state index in [4.69, 9.17) is 14.5 Å². The Morgan fingerprint density at radius 3 is 2.74 bits per heavy atom. The molecule has 2 aromatic heterocycles. The number of hydrogen-bond acceptors (Lipinski definition) is 6. The molecule has 7 nitrogen and oxygen atoms in total. The zero-order valence-electron chi connectivity index (χ0n) is 16.3. The number of guanidine groups is 1. The Labute approximate surface area is 182 Å². The highest BCUT2D eigenvalue weighted by molar-refractivity contribution is 14.0. The number of aromatic nitrogens is 2. The van der Waals surface area contributed by atoms with Crippen LogP contribution in [0.25, 0.3) is 0 Å². The number of nitrogens with zero attached hydrogens (tertiary/aromatic N) is 4. The average Bonchev–Trinajstić information content (AvgIpc) is 3.04. The first-order valence-electron chi connectivity index (χ1n) is 8.59. The second-order valence-electron chi connectivity index (χ2n) is 5.73. The van der Waals surface area contributed by atoms with Crippen LogP contribution in [-0.2, 0) is 17.8 Å². The van der Waals surface area contributed by atoms with Crippen molar-refractivity contribution in [1.29, 1.82) is 0 Å². The summed E-state index contributed by atoms with van der Waals surface area (Å²) in [5.41, 5.74) is 2.08. The molecule has 0 aliphatic carbocycles. The van der Waals surface area contributed by atoms with Gasteiger partial charge in [-0.1, -0.05) is 6.07 Å². The molecule has 1 N–H and O–H groups in total. The standard InChI is InChI=1S/C18H27N5O2S.HI/c1-5-19-18(23(3)12-16-13-26-14(2)22-16)21-11-15-6-7-17(20-10-15)25-9-8-24-4;/h6-7,10,13H,5,8-9,11-12H2,1-4H3,(H,19,21);1H. The van der Waals surface area contributed by atoms with Crippen molar-refractivity contribution in [1.82, 2.24) is 20.2 Å². The van der Waals surface area contributed by atoms with E-state index in [1.165, 1.54) is 0 Å². The molecule has 0 aliphatic heterocycles. The Balaban J connectivity index is 0.00000364. The van der Waals surface area contributed by atoms with Crippen LogP contribution in [0, 0.1) is 6.92 Å². The van der Waals surface area contributed by atoms with Crippen LogP contribution in [0.1, 0.15) is 23.2 Å². The Hall–Kier alpha value is -1.46. The van der Waals surface area contributed by atoms with Gasteiger partial charge in [-0.15, -0.1) is 35.3 Å². The summed E-state index contributed by atoms with van der Waals surface area (Å²) >= 11 is 1.66. The minimum atomic E-state index is 0. The Morgan fingerprint density at radius 1 is 1.33 bits per heavy atom. The molecule has 9 heteroatoms. The molecule has 0 radical (unpaired) electrons. The molecule has 0 aromatic carbocycles. The number of methoxy groups -OCH3 is 1. The lowest BCUT2D eigenvalue weighted by molar-refractivity contribution is 0.143. The van der Waals surface area contributed by atoms with Gasteiger partial charge in [0.25, 0.3) is 0 Å². The van der Waals surface area contributed by atoms with Crippen molar-refractivity contribution in [2.75, 3.05) is 33.9 Å². The van der Waals surface area contributed by atoms with E-state index >= 15 is 0 Å². The van der Waals surface area contributed by atoms with Gasteiger partial charge in [-0.25, -0.2) is 15.0 Å². The predicted molar refractivity (Wildman–Crippen MR) is 120 cm³/mol. The third-order valence-corrected chi connectivity index (χ3v) is 4.33. The van der Waals surface area contributed by atoms with E-state index in [0.29, 0.717) is 25.6 Å². The quantitative estimate of drug-likeness (QED) is 0.245. The third-order valence-electron chi connectivity index (χ3n) is 3.51. The SMILES string of the molecule is CCNC(=NCc1ccc(OCCOC)nc1)N(C)Cc1csc(C)n1.I. The summed E-state index contributed by atoms with van der Waals surface area (Å²) in [6.07, 6.45) is 1.79. The normalized spacial score (nSPS) is 11.0. The van der Waals surface area contributed by atoms with Crippen molar-refractivity contribution in [3.05, 3.63) is 40.0 Å². The lowest BCUT2D eigenvalue weighted by Gasteiger charge is -2.21. The highest BCUT2D eigenvalue weighted by atomic mass is 127. The first kappa shape index (κ1) is 23.6. The van der Waals surface area contributed by atoms with Gasteiger partial charge < -0.3 is 19.7 Å². The van der Waals surface area contributed by atoms with E-state index in [9.17, 15) is 0 Å². The molecule has 0 amide bonds. The van der Waals surface area contributed by atoms with Crippen molar-refractivity contribution >= 4 is 41.3 Å². The largest absolute Gasteiger partial charge is 0.475 e. The third kappa shape index (κ3) is 8.39.